The monoisotopic (exact) mass is 527 g/mol. The quantitative estimate of drug-likeness (QED) is 0.286. The number of benzene rings is 2. The summed E-state index contributed by atoms with van der Waals surface area (Å²) < 4.78 is 5.56. The van der Waals surface area contributed by atoms with E-state index in [1.54, 1.807) is 6.07 Å². The van der Waals surface area contributed by atoms with Gasteiger partial charge in [0, 0.05) is 15.8 Å². The van der Waals surface area contributed by atoms with Gasteiger partial charge in [0.05, 0.1) is 28.9 Å². The number of aromatic nitrogens is 1. The van der Waals surface area contributed by atoms with E-state index in [0.29, 0.717) is 34.3 Å². The Bertz CT molecular complexity index is 1520. The molecule has 1 unspecified atom stereocenters. The predicted molar refractivity (Wildman–Crippen MR) is 154 cm³/mol. The summed E-state index contributed by atoms with van der Waals surface area (Å²) in [6.07, 6.45) is 2.68. The largest absolute Gasteiger partial charge is 0.494 e. The van der Waals surface area contributed by atoms with E-state index < -0.39 is 5.91 Å². The molecule has 0 fully saturated rings. The number of nitrogens with one attached hydrogen (secondary N) is 1. The lowest BCUT2D eigenvalue weighted by molar-refractivity contribution is 0.1000. The first-order valence-corrected chi connectivity index (χ1v) is 13.9. The Morgan fingerprint density at radius 3 is 2.55 bits per heavy atom. The van der Waals surface area contributed by atoms with Gasteiger partial charge < -0.3 is 15.8 Å². The Morgan fingerprint density at radius 2 is 1.87 bits per heavy atom. The highest BCUT2D eigenvalue weighted by Crippen LogP contribution is 2.44. The number of pyridine rings is 1. The molecule has 0 spiro atoms. The molecule has 2 aromatic carbocycles. The van der Waals surface area contributed by atoms with Crippen molar-refractivity contribution in [2.75, 3.05) is 11.9 Å². The molecule has 0 aliphatic heterocycles. The van der Waals surface area contributed by atoms with Crippen molar-refractivity contribution in [3.8, 4) is 17.0 Å². The summed E-state index contributed by atoms with van der Waals surface area (Å²) in [5.74, 6) is 0.508. The van der Waals surface area contributed by atoms with Gasteiger partial charge in [-0.25, -0.2) is 4.98 Å². The number of rotatable bonds is 6. The molecular formula is C31H33N3O3S. The maximum atomic E-state index is 13.8. The van der Waals surface area contributed by atoms with Crippen LogP contribution in [0.15, 0.2) is 54.6 Å². The number of nitrogens with two attached hydrogens (primary N) is 1. The second kappa shape index (κ2) is 10.2. The number of anilines is 1. The molecule has 7 heteroatoms. The van der Waals surface area contributed by atoms with E-state index in [9.17, 15) is 9.59 Å². The van der Waals surface area contributed by atoms with E-state index in [0.717, 1.165) is 51.9 Å². The normalized spacial score (nSPS) is 15.2. The second-order valence-corrected chi connectivity index (χ2v) is 12.0. The van der Waals surface area contributed by atoms with Gasteiger partial charge in [0.1, 0.15) is 10.8 Å². The molecule has 2 amide bonds. The van der Waals surface area contributed by atoms with Gasteiger partial charge >= 0.3 is 0 Å². The lowest BCUT2D eigenvalue weighted by Gasteiger charge is -2.33. The van der Waals surface area contributed by atoms with E-state index in [2.05, 4.69) is 26.1 Å². The van der Waals surface area contributed by atoms with Gasteiger partial charge in [0.2, 0.25) is 0 Å². The van der Waals surface area contributed by atoms with E-state index in [1.807, 2.05) is 55.5 Å². The summed E-state index contributed by atoms with van der Waals surface area (Å²) >= 11 is 1.48. The molecule has 196 valence electrons. The van der Waals surface area contributed by atoms with E-state index in [-0.39, 0.29) is 11.3 Å². The number of para-hydroxylation sites is 1. The minimum atomic E-state index is -0.498. The van der Waals surface area contributed by atoms with Crippen molar-refractivity contribution in [1.82, 2.24) is 4.98 Å². The first-order chi connectivity index (χ1) is 18.2. The Labute approximate surface area is 227 Å². The number of amides is 2. The van der Waals surface area contributed by atoms with Crippen molar-refractivity contribution < 1.29 is 14.3 Å². The number of ether oxygens (including phenoxy) is 1. The summed E-state index contributed by atoms with van der Waals surface area (Å²) in [5, 5.41) is 4.32. The molecule has 0 saturated heterocycles. The fourth-order valence-corrected chi connectivity index (χ4v) is 6.57. The van der Waals surface area contributed by atoms with Gasteiger partial charge in [-0.05, 0) is 79.5 Å². The zero-order valence-electron chi connectivity index (χ0n) is 22.3. The Morgan fingerprint density at radius 1 is 1.13 bits per heavy atom. The standard InChI is InChI=1S/C31H33N3O3S/c1-5-37-20-13-10-18(11-14-20)25-17-23(21-8-6-7-9-24(21)33-25)29(36)34-30-27(28(32)35)22-15-12-19(31(2,3)4)16-26(22)38-30/h6-11,13-14,17,19H,5,12,15-16H2,1-4H3,(H2,32,35)(H,34,36). The molecule has 1 aliphatic rings. The minimum Gasteiger partial charge on any atom is -0.494 e. The molecule has 4 aromatic rings. The molecule has 6 nitrogen and oxygen atoms in total. The van der Waals surface area contributed by atoms with Crippen molar-refractivity contribution in [3.63, 3.8) is 0 Å². The lowest BCUT2D eigenvalue weighted by atomic mass is 9.72. The molecule has 0 bridgehead atoms. The average Bonchev–Trinajstić information content (AvgIpc) is 3.25. The number of nitrogens with zero attached hydrogens (tertiary/aromatic N) is 1. The number of thiophene rings is 1. The lowest BCUT2D eigenvalue weighted by Crippen LogP contribution is -2.27. The van der Waals surface area contributed by atoms with Gasteiger partial charge in [0.25, 0.3) is 11.8 Å². The zero-order chi connectivity index (χ0) is 27.0. The topological polar surface area (TPSA) is 94.3 Å². The summed E-state index contributed by atoms with van der Waals surface area (Å²) in [6.45, 7) is 9.30. The highest BCUT2D eigenvalue weighted by Gasteiger charge is 2.33. The van der Waals surface area contributed by atoms with Crippen LogP contribution in [-0.4, -0.2) is 23.4 Å². The zero-order valence-corrected chi connectivity index (χ0v) is 23.1. The Kier molecular flexibility index (Phi) is 6.97. The Balaban J connectivity index is 1.52. The summed E-state index contributed by atoms with van der Waals surface area (Å²) in [7, 11) is 0. The van der Waals surface area contributed by atoms with Crippen molar-refractivity contribution in [2.45, 2.75) is 47.0 Å². The van der Waals surface area contributed by atoms with E-state index in [4.69, 9.17) is 15.5 Å². The van der Waals surface area contributed by atoms with Crippen LogP contribution in [0.3, 0.4) is 0 Å². The van der Waals surface area contributed by atoms with Gasteiger partial charge in [-0.2, -0.15) is 0 Å². The van der Waals surface area contributed by atoms with E-state index in [1.165, 1.54) is 11.3 Å². The van der Waals surface area contributed by atoms with Gasteiger partial charge in [-0.1, -0.05) is 39.0 Å². The molecule has 1 atom stereocenters. The van der Waals surface area contributed by atoms with Crippen LogP contribution in [-0.2, 0) is 12.8 Å². The minimum absolute atomic E-state index is 0.172. The smallest absolute Gasteiger partial charge is 0.257 e. The Hall–Kier alpha value is -3.71. The average molecular weight is 528 g/mol. The van der Waals surface area contributed by atoms with Crippen LogP contribution >= 0.6 is 11.3 Å². The van der Waals surface area contributed by atoms with Gasteiger partial charge in [-0.3, -0.25) is 9.59 Å². The number of hydrogen-bond donors (Lipinski definition) is 2. The molecule has 2 heterocycles. The number of hydrogen-bond acceptors (Lipinski definition) is 5. The van der Waals surface area contributed by atoms with Gasteiger partial charge in [-0.15, -0.1) is 11.3 Å². The summed E-state index contributed by atoms with van der Waals surface area (Å²) in [6, 6.07) is 17.1. The van der Waals surface area contributed by atoms with Crippen LogP contribution < -0.4 is 15.8 Å². The molecule has 1 aliphatic carbocycles. The molecule has 5 rings (SSSR count). The highest BCUT2D eigenvalue weighted by molar-refractivity contribution is 7.17. The van der Waals surface area contributed by atoms with E-state index >= 15 is 0 Å². The fraction of sp³-hybridized carbons (Fsp3) is 0.323. The van der Waals surface area contributed by atoms with Crippen LogP contribution in [0.5, 0.6) is 5.75 Å². The number of primary amides is 1. The van der Waals surface area contributed by atoms with Crippen LogP contribution in [0.25, 0.3) is 22.2 Å². The first kappa shape index (κ1) is 25.9. The third-order valence-electron chi connectivity index (χ3n) is 7.39. The SMILES string of the molecule is CCOc1ccc(-c2cc(C(=O)Nc3sc4c(c3C(N)=O)CCC(C(C)(C)C)C4)c3ccccc3n2)cc1. The fourth-order valence-electron chi connectivity index (χ4n) is 5.24. The van der Waals surface area contributed by atoms with Crippen LogP contribution in [0.1, 0.15) is 65.3 Å². The number of carbonyl (C=O) groups is 2. The maximum absolute atomic E-state index is 13.8. The molecule has 0 radical (unpaired) electrons. The summed E-state index contributed by atoms with van der Waals surface area (Å²) in [4.78, 5) is 32.2. The van der Waals surface area contributed by atoms with Crippen molar-refractivity contribution in [2.24, 2.45) is 17.1 Å². The van der Waals surface area contributed by atoms with Crippen molar-refractivity contribution in [1.29, 1.82) is 0 Å². The number of fused-ring (bicyclic) bond motifs is 2. The van der Waals surface area contributed by atoms with Crippen LogP contribution in [0.4, 0.5) is 5.00 Å². The van der Waals surface area contributed by atoms with Crippen molar-refractivity contribution >= 4 is 39.1 Å². The predicted octanol–water partition coefficient (Wildman–Crippen LogP) is 6.86. The second-order valence-electron chi connectivity index (χ2n) is 10.9. The van der Waals surface area contributed by atoms with Crippen LogP contribution in [0, 0.1) is 11.3 Å². The highest BCUT2D eigenvalue weighted by atomic mass is 32.1. The number of carbonyl (C=O) groups excluding carboxylic acids is 2. The third-order valence-corrected chi connectivity index (χ3v) is 8.56. The van der Waals surface area contributed by atoms with Crippen LogP contribution in [0.2, 0.25) is 0 Å². The van der Waals surface area contributed by atoms with Gasteiger partial charge in [0.15, 0.2) is 0 Å². The molecule has 3 N–H and O–H groups in total. The maximum Gasteiger partial charge on any atom is 0.257 e. The third kappa shape index (κ3) is 5.03. The molecule has 38 heavy (non-hydrogen) atoms. The summed E-state index contributed by atoms with van der Waals surface area (Å²) in [5.41, 5.74) is 10.2. The molecular weight excluding hydrogens is 494 g/mol. The van der Waals surface area contributed by atoms with Crippen molar-refractivity contribution in [3.05, 3.63) is 76.2 Å². The molecule has 2 aromatic heterocycles. The first-order valence-electron chi connectivity index (χ1n) is 13.0. The molecule has 0 saturated carbocycles.